The van der Waals surface area contributed by atoms with Crippen LogP contribution in [0.25, 0.3) is 0 Å². The molecule has 0 N–H and O–H groups in total. The van der Waals surface area contributed by atoms with Crippen molar-refractivity contribution in [3.05, 3.63) is 22.3 Å². The zero-order valence-corrected chi connectivity index (χ0v) is 8.55. The van der Waals surface area contributed by atoms with E-state index in [2.05, 4.69) is 4.98 Å². The van der Waals surface area contributed by atoms with Crippen molar-refractivity contribution in [2.24, 2.45) is 0 Å². The molecule has 3 nitrogen and oxygen atoms in total. The molecule has 15 heavy (non-hydrogen) atoms. The summed E-state index contributed by atoms with van der Waals surface area (Å²) in [6.07, 6.45) is -2.89. The van der Waals surface area contributed by atoms with Gasteiger partial charge in [-0.2, -0.15) is 5.26 Å². The Labute approximate surface area is 90.3 Å². The number of hydrogen-bond acceptors (Lipinski definition) is 3. The maximum Gasteiger partial charge on any atom is 0.264 e. The molecule has 0 bridgehead atoms. The van der Waals surface area contributed by atoms with Crippen LogP contribution in [0.4, 0.5) is 8.78 Å². The van der Waals surface area contributed by atoms with Crippen LogP contribution in [0, 0.1) is 11.3 Å². The Bertz CT molecular complexity index is 404. The second kappa shape index (κ2) is 4.89. The topological polar surface area (TPSA) is 45.9 Å². The lowest BCUT2D eigenvalue weighted by molar-refractivity contribution is 0.149. The van der Waals surface area contributed by atoms with Gasteiger partial charge in [0, 0.05) is 11.1 Å². The smallest absolute Gasteiger partial charge is 0.264 e. The largest absolute Gasteiger partial charge is 0.481 e. The lowest BCUT2D eigenvalue weighted by Crippen LogP contribution is -2.01. The fraction of sp³-hybridized carbons (Fsp3) is 0.333. The number of aromatic nitrogens is 1. The van der Waals surface area contributed by atoms with Gasteiger partial charge in [0.05, 0.1) is 19.6 Å². The Morgan fingerprint density at radius 3 is 2.80 bits per heavy atom. The van der Waals surface area contributed by atoms with Crippen LogP contribution < -0.4 is 4.74 Å². The number of halogens is 3. The summed E-state index contributed by atoms with van der Waals surface area (Å²) in [7, 11) is 1.29. The number of methoxy groups -OCH3 is 1. The van der Waals surface area contributed by atoms with Gasteiger partial charge < -0.3 is 4.74 Å². The molecule has 0 atom stereocenters. The maximum atomic E-state index is 12.6. The molecule has 0 aliphatic carbocycles. The lowest BCUT2D eigenvalue weighted by atomic mass is 10.1. The van der Waals surface area contributed by atoms with Crippen LogP contribution in [0.3, 0.4) is 0 Å². The minimum absolute atomic E-state index is 0.0284. The van der Waals surface area contributed by atoms with E-state index in [9.17, 15) is 8.78 Å². The number of pyridine rings is 1. The molecule has 80 valence electrons. The van der Waals surface area contributed by atoms with Gasteiger partial charge in [-0.05, 0) is 6.07 Å². The van der Waals surface area contributed by atoms with Crippen LogP contribution in [-0.4, -0.2) is 12.1 Å². The zero-order chi connectivity index (χ0) is 11.4. The maximum absolute atomic E-state index is 12.6. The monoisotopic (exact) mass is 232 g/mol. The summed E-state index contributed by atoms with van der Waals surface area (Å²) in [6.45, 7) is 0. The molecule has 1 rings (SSSR count). The summed E-state index contributed by atoms with van der Waals surface area (Å²) in [4.78, 5) is 3.71. The van der Waals surface area contributed by atoms with Crippen molar-refractivity contribution in [2.75, 3.05) is 7.11 Å². The second-order valence-electron chi connectivity index (χ2n) is 2.66. The minimum atomic E-state index is -2.71. The molecule has 6 heteroatoms. The van der Waals surface area contributed by atoms with Crippen LogP contribution in [0.15, 0.2) is 6.07 Å². The summed E-state index contributed by atoms with van der Waals surface area (Å²) in [6, 6.07) is 2.82. The number of nitriles is 1. The normalized spacial score (nSPS) is 10.1. The molecule has 1 aromatic rings. The molecule has 0 spiro atoms. The van der Waals surface area contributed by atoms with E-state index >= 15 is 0 Å². The van der Waals surface area contributed by atoms with Crippen molar-refractivity contribution in [1.82, 2.24) is 4.98 Å². The van der Waals surface area contributed by atoms with Crippen molar-refractivity contribution < 1.29 is 13.5 Å². The van der Waals surface area contributed by atoms with Gasteiger partial charge in [0.2, 0.25) is 5.88 Å². The molecule has 0 unspecified atom stereocenters. The summed E-state index contributed by atoms with van der Waals surface area (Å²) < 4.78 is 30.0. The molecular formula is C9H7ClF2N2O. The molecule has 0 aliphatic rings. The van der Waals surface area contributed by atoms with Crippen LogP contribution >= 0.6 is 11.6 Å². The van der Waals surface area contributed by atoms with E-state index in [4.69, 9.17) is 21.6 Å². The quantitative estimate of drug-likeness (QED) is 0.753. The van der Waals surface area contributed by atoms with Crippen LogP contribution in [0.1, 0.15) is 17.6 Å². The van der Waals surface area contributed by atoms with Gasteiger partial charge in [-0.1, -0.05) is 11.6 Å². The molecule has 0 saturated carbocycles. The number of hydrogen-bond donors (Lipinski definition) is 0. The van der Waals surface area contributed by atoms with Crippen molar-refractivity contribution in [3.8, 4) is 11.9 Å². The highest BCUT2D eigenvalue weighted by Crippen LogP contribution is 2.31. The minimum Gasteiger partial charge on any atom is -0.481 e. The highest BCUT2D eigenvalue weighted by Gasteiger charge is 2.19. The first-order valence-electron chi connectivity index (χ1n) is 3.98. The van der Waals surface area contributed by atoms with E-state index in [0.29, 0.717) is 0 Å². The SMILES string of the molecule is COc1nc(Cl)cc(C(F)F)c1CC#N. The standard InChI is InChI=1S/C9H7ClF2N2O/c1-15-9-5(2-3-13)6(8(11)12)4-7(10)14-9/h4,8H,2H2,1H3. The average Bonchev–Trinajstić information content (AvgIpc) is 2.19. The molecule has 0 amide bonds. The molecule has 1 heterocycles. The third kappa shape index (κ3) is 2.54. The summed E-state index contributed by atoms with van der Waals surface area (Å²) in [5.41, 5.74) is -0.229. The fourth-order valence-electron chi connectivity index (χ4n) is 1.16. The van der Waals surface area contributed by atoms with Gasteiger partial charge in [0.15, 0.2) is 0 Å². The Hall–Kier alpha value is -1.41. The average molecular weight is 233 g/mol. The van der Waals surface area contributed by atoms with Gasteiger partial charge in [-0.15, -0.1) is 0 Å². The van der Waals surface area contributed by atoms with Gasteiger partial charge in [0.25, 0.3) is 6.43 Å². The van der Waals surface area contributed by atoms with Crippen molar-refractivity contribution in [3.63, 3.8) is 0 Å². The number of ether oxygens (including phenoxy) is 1. The Morgan fingerprint density at radius 2 is 2.33 bits per heavy atom. The molecule has 0 fully saturated rings. The lowest BCUT2D eigenvalue weighted by Gasteiger charge is -2.10. The van der Waals surface area contributed by atoms with Crippen LogP contribution in [0.5, 0.6) is 5.88 Å². The van der Waals surface area contributed by atoms with Gasteiger partial charge in [-0.25, -0.2) is 13.8 Å². The number of rotatable bonds is 3. The number of alkyl halides is 2. The van der Waals surface area contributed by atoms with E-state index in [1.54, 1.807) is 6.07 Å². The highest BCUT2D eigenvalue weighted by atomic mass is 35.5. The summed E-state index contributed by atoms with van der Waals surface area (Å²) in [5.74, 6) is -0.0284. The molecule has 0 aliphatic heterocycles. The van der Waals surface area contributed by atoms with Crippen LogP contribution in [-0.2, 0) is 6.42 Å². The van der Waals surface area contributed by atoms with E-state index in [0.717, 1.165) is 6.07 Å². The first-order valence-corrected chi connectivity index (χ1v) is 4.36. The third-order valence-electron chi connectivity index (χ3n) is 1.77. The second-order valence-corrected chi connectivity index (χ2v) is 3.04. The first-order chi connectivity index (χ1) is 7.10. The predicted octanol–water partition coefficient (Wildman–Crippen LogP) is 2.75. The highest BCUT2D eigenvalue weighted by molar-refractivity contribution is 6.29. The van der Waals surface area contributed by atoms with Crippen molar-refractivity contribution in [2.45, 2.75) is 12.8 Å². The van der Waals surface area contributed by atoms with Gasteiger partial charge in [-0.3, -0.25) is 0 Å². The molecule has 0 radical (unpaired) electrons. The summed E-state index contributed by atoms with van der Waals surface area (Å²) in [5, 5.41) is 8.42. The predicted molar refractivity (Wildman–Crippen MR) is 50.1 cm³/mol. The fourth-order valence-corrected chi connectivity index (χ4v) is 1.35. The van der Waals surface area contributed by atoms with Gasteiger partial charge in [0.1, 0.15) is 5.15 Å². The van der Waals surface area contributed by atoms with Crippen LogP contribution in [0.2, 0.25) is 5.15 Å². The summed E-state index contributed by atoms with van der Waals surface area (Å²) >= 11 is 5.54. The Balaban J connectivity index is 3.34. The Kier molecular flexibility index (Phi) is 3.81. The molecule has 0 saturated heterocycles. The molecule has 0 aromatic carbocycles. The van der Waals surface area contributed by atoms with E-state index in [1.807, 2.05) is 0 Å². The zero-order valence-electron chi connectivity index (χ0n) is 7.80. The van der Waals surface area contributed by atoms with E-state index in [-0.39, 0.29) is 28.6 Å². The first kappa shape index (κ1) is 11.7. The van der Waals surface area contributed by atoms with E-state index in [1.165, 1.54) is 7.11 Å². The van der Waals surface area contributed by atoms with Crippen molar-refractivity contribution in [1.29, 1.82) is 5.26 Å². The molecular weight excluding hydrogens is 226 g/mol. The van der Waals surface area contributed by atoms with Gasteiger partial charge >= 0.3 is 0 Å². The van der Waals surface area contributed by atoms with E-state index < -0.39 is 6.43 Å². The third-order valence-corrected chi connectivity index (χ3v) is 1.97. The van der Waals surface area contributed by atoms with Crippen molar-refractivity contribution >= 4 is 11.6 Å². The molecule has 1 aromatic heterocycles. The number of nitrogens with zero attached hydrogens (tertiary/aromatic N) is 2. The Morgan fingerprint density at radius 1 is 1.67 bits per heavy atom.